The second-order valence-electron chi connectivity index (χ2n) is 4.19. The molecule has 1 aromatic rings. The zero-order valence-electron chi connectivity index (χ0n) is 11.6. The Balaban J connectivity index is 2.68. The van der Waals surface area contributed by atoms with Crippen LogP contribution in [0.25, 0.3) is 0 Å². The molecule has 0 saturated heterocycles. The number of carbonyl (C=O) groups excluding carboxylic acids is 1. The van der Waals surface area contributed by atoms with E-state index in [0.29, 0.717) is 17.9 Å². The molecule has 0 aliphatic carbocycles. The molecule has 2 N–H and O–H groups in total. The fourth-order valence-corrected chi connectivity index (χ4v) is 2.39. The summed E-state index contributed by atoms with van der Waals surface area (Å²) in [5.74, 6) is -0.0649. The average molecular weight is 301 g/mol. The van der Waals surface area contributed by atoms with E-state index in [2.05, 4.69) is 4.74 Å². The molecular weight excluding hydrogens is 282 g/mol. The second-order valence-corrected chi connectivity index (χ2v) is 6.66. The monoisotopic (exact) mass is 301 g/mol. The van der Waals surface area contributed by atoms with Gasteiger partial charge in [-0.1, -0.05) is 6.92 Å². The Bertz CT molecular complexity index is 568. The van der Waals surface area contributed by atoms with Gasteiger partial charge >= 0.3 is 5.97 Å². The van der Waals surface area contributed by atoms with Gasteiger partial charge in [-0.2, -0.15) is 0 Å². The van der Waals surface area contributed by atoms with Crippen molar-refractivity contribution in [2.75, 3.05) is 31.0 Å². The van der Waals surface area contributed by atoms with Crippen LogP contribution in [-0.2, 0) is 14.6 Å². The summed E-state index contributed by atoms with van der Waals surface area (Å²) < 4.78 is 32.7. The largest absolute Gasteiger partial charge is 0.493 e. The van der Waals surface area contributed by atoms with E-state index in [9.17, 15) is 13.2 Å². The molecule has 1 aromatic carbocycles. The maximum atomic E-state index is 11.5. The number of ether oxygens (including phenoxy) is 2. The number of benzene rings is 1. The molecule has 1 rings (SSSR count). The van der Waals surface area contributed by atoms with Crippen molar-refractivity contribution in [3.05, 3.63) is 23.8 Å². The average Bonchev–Trinajstić information content (AvgIpc) is 2.43. The van der Waals surface area contributed by atoms with Crippen LogP contribution in [0.15, 0.2) is 18.2 Å². The van der Waals surface area contributed by atoms with Crippen molar-refractivity contribution in [3.8, 4) is 5.75 Å². The predicted octanol–water partition coefficient (Wildman–Crippen LogP) is 1.26. The van der Waals surface area contributed by atoms with Crippen LogP contribution in [-0.4, -0.2) is 39.6 Å². The molecule has 6 nitrogen and oxygen atoms in total. The molecule has 0 unspecified atom stereocenters. The first-order valence-corrected chi connectivity index (χ1v) is 8.03. The SMILES string of the molecule is CCS(=O)(=O)CCCOc1cc(N)ccc1C(=O)OC. The molecule has 0 aliphatic rings. The van der Waals surface area contributed by atoms with Crippen LogP contribution in [0.3, 0.4) is 0 Å². The number of sulfone groups is 1. The number of nitrogen functional groups attached to an aromatic ring is 1. The second kappa shape index (κ2) is 7.14. The zero-order chi connectivity index (χ0) is 15.2. The Hall–Kier alpha value is -1.76. The first-order chi connectivity index (χ1) is 9.39. The molecule has 0 heterocycles. The number of hydrogen-bond acceptors (Lipinski definition) is 6. The Morgan fingerprint density at radius 3 is 2.65 bits per heavy atom. The quantitative estimate of drug-likeness (QED) is 0.463. The number of anilines is 1. The number of carbonyl (C=O) groups is 1. The third kappa shape index (κ3) is 4.73. The van der Waals surface area contributed by atoms with Crippen LogP contribution < -0.4 is 10.5 Å². The minimum Gasteiger partial charge on any atom is -0.493 e. The molecule has 0 radical (unpaired) electrons. The van der Waals surface area contributed by atoms with Crippen molar-refractivity contribution < 1.29 is 22.7 Å². The highest BCUT2D eigenvalue weighted by molar-refractivity contribution is 7.91. The van der Waals surface area contributed by atoms with Crippen LogP contribution in [0.5, 0.6) is 5.75 Å². The maximum Gasteiger partial charge on any atom is 0.341 e. The van der Waals surface area contributed by atoms with Crippen LogP contribution in [0.2, 0.25) is 0 Å². The number of nitrogens with two attached hydrogens (primary N) is 1. The lowest BCUT2D eigenvalue weighted by Crippen LogP contribution is -2.13. The van der Waals surface area contributed by atoms with Gasteiger partial charge in [-0.05, 0) is 18.6 Å². The molecule has 20 heavy (non-hydrogen) atoms. The Morgan fingerprint density at radius 2 is 2.05 bits per heavy atom. The summed E-state index contributed by atoms with van der Waals surface area (Å²) in [7, 11) is -1.74. The number of esters is 1. The minimum atomic E-state index is -3.01. The van der Waals surface area contributed by atoms with Crippen molar-refractivity contribution in [2.45, 2.75) is 13.3 Å². The first-order valence-electron chi connectivity index (χ1n) is 6.20. The third-order valence-corrected chi connectivity index (χ3v) is 4.50. The van der Waals surface area contributed by atoms with Gasteiger partial charge in [-0.3, -0.25) is 0 Å². The summed E-state index contributed by atoms with van der Waals surface area (Å²) in [5.41, 5.74) is 6.35. The predicted molar refractivity (Wildman–Crippen MR) is 76.6 cm³/mol. The lowest BCUT2D eigenvalue weighted by atomic mass is 10.2. The summed E-state index contributed by atoms with van der Waals surface area (Å²) in [6.07, 6.45) is 0.353. The topological polar surface area (TPSA) is 95.7 Å². The van der Waals surface area contributed by atoms with Crippen LogP contribution in [0.1, 0.15) is 23.7 Å². The highest BCUT2D eigenvalue weighted by Crippen LogP contribution is 2.22. The van der Waals surface area contributed by atoms with Crippen LogP contribution in [0.4, 0.5) is 5.69 Å². The van der Waals surface area contributed by atoms with Gasteiger partial charge in [0.25, 0.3) is 0 Å². The summed E-state index contributed by atoms with van der Waals surface area (Å²) in [4.78, 5) is 11.5. The maximum absolute atomic E-state index is 11.5. The molecule has 0 aliphatic heterocycles. The van der Waals surface area contributed by atoms with E-state index in [1.54, 1.807) is 13.0 Å². The summed E-state index contributed by atoms with van der Waals surface area (Å²) in [6, 6.07) is 4.60. The lowest BCUT2D eigenvalue weighted by molar-refractivity contribution is 0.0596. The summed E-state index contributed by atoms with van der Waals surface area (Å²) >= 11 is 0. The smallest absolute Gasteiger partial charge is 0.341 e. The Labute approximate surface area is 118 Å². The molecule has 0 spiro atoms. The van der Waals surface area contributed by atoms with Gasteiger partial charge in [0, 0.05) is 17.5 Å². The van der Waals surface area contributed by atoms with Crippen LogP contribution in [0, 0.1) is 0 Å². The number of methoxy groups -OCH3 is 1. The number of rotatable bonds is 7. The third-order valence-electron chi connectivity index (χ3n) is 2.71. The van der Waals surface area contributed by atoms with Gasteiger partial charge in [-0.25, -0.2) is 13.2 Å². The fourth-order valence-electron chi connectivity index (χ4n) is 1.54. The van der Waals surface area contributed by atoms with Gasteiger partial charge in [0.1, 0.15) is 21.2 Å². The molecule has 0 bridgehead atoms. The molecule has 0 amide bonds. The molecule has 112 valence electrons. The molecule has 0 aromatic heterocycles. The summed E-state index contributed by atoms with van der Waals surface area (Å²) in [5, 5.41) is 0. The van der Waals surface area contributed by atoms with Gasteiger partial charge < -0.3 is 15.2 Å². The van der Waals surface area contributed by atoms with Crippen molar-refractivity contribution >= 4 is 21.5 Å². The molecule has 0 atom stereocenters. The fraction of sp³-hybridized carbons (Fsp3) is 0.462. The standard InChI is InChI=1S/C13H19NO5S/c1-3-20(16,17)8-4-7-19-12-9-10(14)5-6-11(12)13(15)18-2/h5-6,9H,3-4,7-8,14H2,1-2H3. The molecular formula is C13H19NO5S. The van der Waals surface area contributed by atoms with E-state index in [1.165, 1.54) is 19.2 Å². The lowest BCUT2D eigenvalue weighted by Gasteiger charge is -2.11. The van der Waals surface area contributed by atoms with E-state index in [1.807, 2.05) is 0 Å². The van der Waals surface area contributed by atoms with Gasteiger partial charge in [0.2, 0.25) is 0 Å². The van der Waals surface area contributed by atoms with Crippen molar-refractivity contribution in [2.24, 2.45) is 0 Å². The molecule has 0 saturated carbocycles. The van der Waals surface area contributed by atoms with E-state index >= 15 is 0 Å². The zero-order valence-corrected chi connectivity index (χ0v) is 12.4. The van der Waals surface area contributed by atoms with Gasteiger partial charge in [0.05, 0.1) is 19.5 Å². The van der Waals surface area contributed by atoms with Crippen molar-refractivity contribution in [1.29, 1.82) is 0 Å². The van der Waals surface area contributed by atoms with Crippen molar-refractivity contribution in [1.82, 2.24) is 0 Å². The van der Waals surface area contributed by atoms with E-state index < -0.39 is 15.8 Å². The Kier molecular flexibility index (Phi) is 5.82. The first kappa shape index (κ1) is 16.3. The van der Waals surface area contributed by atoms with E-state index in [-0.39, 0.29) is 23.7 Å². The molecule has 7 heteroatoms. The highest BCUT2D eigenvalue weighted by atomic mass is 32.2. The Morgan fingerprint density at radius 1 is 1.35 bits per heavy atom. The van der Waals surface area contributed by atoms with Gasteiger partial charge in [0.15, 0.2) is 0 Å². The highest BCUT2D eigenvalue weighted by Gasteiger charge is 2.14. The van der Waals surface area contributed by atoms with E-state index in [0.717, 1.165) is 0 Å². The van der Waals surface area contributed by atoms with E-state index in [4.69, 9.17) is 10.5 Å². The normalized spacial score (nSPS) is 11.1. The van der Waals surface area contributed by atoms with Gasteiger partial charge in [-0.15, -0.1) is 0 Å². The minimum absolute atomic E-state index is 0.0549. The molecule has 0 fully saturated rings. The number of hydrogen-bond donors (Lipinski definition) is 1. The van der Waals surface area contributed by atoms with Crippen LogP contribution >= 0.6 is 0 Å². The summed E-state index contributed by atoms with van der Waals surface area (Å²) in [6.45, 7) is 1.79. The van der Waals surface area contributed by atoms with Crippen molar-refractivity contribution in [3.63, 3.8) is 0 Å².